The number of nitrogens with one attached hydrogen (secondary N) is 1. The van der Waals surface area contributed by atoms with Crippen LogP contribution in [0.4, 0.5) is 10.1 Å². The smallest absolute Gasteiger partial charge is 0.261 e. The Balaban J connectivity index is 1.92. The molecule has 2 aromatic carbocycles. The molecule has 0 saturated heterocycles. The predicted octanol–water partition coefficient (Wildman–Crippen LogP) is 4.12. The van der Waals surface area contributed by atoms with Gasteiger partial charge in [0.05, 0.1) is 10.6 Å². The van der Waals surface area contributed by atoms with E-state index in [2.05, 4.69) is 9.82 Å². The van der Waals surface area contributed by atoms with Gasteiger partial charge in [-0.05, 0) is 36.4 Å². The molecule has 0 aliphatic rings. The minimum atomic E-state index is -3.95. The average Bonchev–Trinajstić information content (AvgIpc) is 3.00. The highest BCUT2D eigenvalue weighted by Gasteiger charge is 2.17. The van der Waals surface area contributed by atoms with Crippen LogP contribution in [0.1, 0.15) is 0 Å². The number of rotatable bonds is 4. The molecule has 1 N–H and O–H groups in total. The summed E-state index contributed by atoms with van der Waals surface area (Å²) in [5.41, 5.74) is 0.272. The van der Waals surface area contributed by atoms with E-state index in [1.807, 2.05) is 0 Å². The minimum Gasteiger partial charge on any atom is -0.280 e. The molecule has 1 heterocycles. The van der Waals surface area contributed by atoms with Crippen molar-refractivity contribution in [2.45, 2.75) is 4.90 Å². The highest BCUT2D eigenvalue weighted by Crippen LogP contribution is 2.25. The third kappa shape index (κ3) is 3.53. The normalized spacial score (nSPS) is 11.5. The molecule has 124 valence electrons. The molecule has 0 fully saturated rings. The number of benzene rings is 2. The van der Waals surface area contributed by atoms with Crippen molar-refractivity contribution in [2.75, 3.05) is 4.72 Å². The van der Waals surface area contributed by atoms with Crippen molar-refractivity contribution in [2.24, 2.45) is 0 Å². The Morgan fingerprint density at radius 1 is 1.08 bits per heavy atom. The first-order valence-corrected chi connectivity index (χ1v) is 8.87. The lowest BCUT2D eigenvalue weighted by atomic mass is 10.3. The summed E-state index contributed by atoms with van der Waals surface area (Å²) in [6.07, 6.45) is 3.09. The number of hydrogen-bond acceptors (Lipinski definition) is 3. The first-order chi connectivity index (χ1) is 11.3. The van der Waals surface area contributed by atoms with Crippen LogP contribution >= 0.6 is 23.2 Å². The van der Waals surface area contributed by atoms with Gasteiger partial charge in [0.25, 0.3) is 10.0 Å². The number of aromatic nitrogens is 2. The molecule has 3 aromatic rings. The number of hydrogen-bond donors (Lipinski definition) is 1. The SMILES string of the molecule is O=S(=O)(Nc1ccc(-n2cccn2)c(F)c1)c1cc(Cl)cc(Cl)c1. The molecule has 0 amide bonds. The summed E-state index contributed by atoms with van der Waals surface area (Å²) in [4.78, 5) is -0.114. The van der Waals surface area contributed by atoms with E-state index in [0.717, 1.165) is 6.07 Å². The average molecular weight is 386 g/mol. The van der Waals surface area contributed by atoms with Gasteiger partial charge in [0.2, 0.25) is 0 Å². The highest BCUT2D eigenvalue weighted by molar-refractivity contribution is 7.92. The summed E-state index contributed by atoms with van der Waals surface area (Å²) in [5, 5.41) is 4.29. The Kier molecular flexibility index (Phi) is 4.49. The number of sulfonamides is 1. The Hall–Kier alpha value is -2.09. The molecule has 0 aliphatic heterocycles. The fraction of sp³-hybridized carbons (Fsp3) is 0. The molecule has 0 saturated carbocycles. The molecule has 9 heteroatoms. The summed E-state index contributed by atoms with van der Waals surface area (Å²) in [6.45, 7) is 0. The van der Waals surface area contributed by atoms with E-state index in [9.17, 15) is 12.8 Å². The lowest BCUT2D eigenvalue weighted by Gasteiger charge is -2.10. The fourth-order valence-corrected chi connectivity index (χ4v) is 3.84. The molecule has 0 spiro atoms. The van der Waals surface area contributed by atoms with Crippen molar-refractivity contribution in [3.63, 3.8) is 0 Å². The van der Waals surface area contributed by atoms with E-state index in [1.54, 1.807) is 12.3 Å². The van der Waals surface area contributed by atoms with Gasteiger partial charge in [-0.3, -0.25) is 4.72 Å². The summed E-state index contributed by atoms with van der Waals surface area (Å²) in [6, 6.07) is 9.50. The zero-order valence-electron chi connectivity index (χ0n) is 11.9. The van der Waals surface area contributed by atoms with Gasteiger partial charge in [-0.1, -0.05) is 23.2 Å². The van der Waals surface area contributed by atoms with Gasteiger partial charge in [-0.15, -0.1) is 0 Å². The highest BCUT2D eigenvalue weighted by atomic mass is 35.5. The third-order valence-corrected chi connectivity index (χ3v) is 4.89. The molecule has 0 unspecified atom stereocenters. The van der Waals surface area contributed by atoms with E-state index in [-0.39, 0.29) is 26.3 Å². The molecule has 0 atom stereocenters. The maximum absolute atomic E-state index is 14.2. The zero-order chi connectivity index (χ0) is 17.3. The number of nitrogens with zero attached hydrogens (tertiary/aromatic N) is 2. The minimum absolute atomic E-state index is 0.0690. The van der Waals surface area contributed by atoms with Crippen molar-refractivity contribution < 1.29 is 12.8 Å². The van der Waals surface area contributed by atoms with Gasteiger partial charge in [0.1, 0.15) is 5.69 Å². The van der Waals surface area contributed by atoms with Crippen molar-refractivity contribution in [3.8, 4) is 5.69 Å². The first kappa shape index (κ1) is 16.8. The fourth-order valence-electron chi connectivity index (χ4n) is 2.07. The van der Waals surface area contributed by atoms with E-state index >= 15 is 0 Å². The van der Waals surface area contributed by atoms with Crippen LogP contribution < -0.4 is 4.72 Å². The standard InChI is InChI=1S/C15H10Cl2FN3O2S/c16-10-6-11(17)8-13(7-10)24(22,23)20-12-2-3-15(14(18)9-12)21-5-1-4-19-21/h1-9,20H. The van der Waals surface area contributed by atoms with Crippen molar-refractivity contribution in [1.29, 1.82) is 0 Å². The largest absolute Gasteiger partial charge is 0.280 e. The van der Waals surface area contributed by atoms with Crippen molar-refractivity contribution in [3.05, 3.63) is 70.7 Å². The molecule has 0 bridgehead atoms. The maximum atomic E-state index is 14.2. The Morgan fingerprint density at radius 3 is 2.38 bits per heavy atom. The monoisotopic (exact) mass is 385 g/mol. The number of halogens is 3. The van der Waals surface area contributed by atoms with Gasteiger partial charge >= 0.3 is 0 Å². The third-order valence-electron chi connectivity index (χ3n) is 3.10. The molecular weight excluding hydrogens is 376 g/mol. The second kappa shape index (κ2) is 6.43. The van der Waals surface area contributed by atoms with Crippen LogP contribution in [-0.4, -0.2) is 18.2 Å². The maximum Gasteiger partial charge on any atom is 0.261 e. The summed E-state index contributed by atoms with van der Waals surface area (Å²) < 4.78 is 42.5. The molecule has 1 aromatic heterocycles. The van der Waals surface area contributed by atoms with Crippen LogP contribution in [0.5, 0.6) is 0 Å². The molecule has 0 radical (unpaired) electrons. The first-order valence-electron chi connectivity index (χ1n) is 6.64. The molecule has 3 rings (SSSR count). The van der Waals surface area contributed by atoms with Crippen LogP contribution in [0.25, 0.3) is 5.69 Å². The van der Waals surface area contributed by atoms with Crippen LogP contribution in [0.3, 0.4) is 0 Å². The van der Waals surface area contributed by atoms with E-state index < -0.39 is 15.8 Å². The quantitative estimate of drug-likeness (QED) is 0.734. The van der Waals surface area contributed by atoms with E-state index in [4.69, 9.17) is 23.2 Å². The summed E-state index contributed by atoms with van der Waals surface area (Å²) in [7, 11) is -3.95. The lowest BCUT2D eigenvalue weighted by molar-refractivity contribution is 0.600. The van der Waals surface area contributed by atoms with Gasteiger partial charge in [-0.2, -0.15) is 5.10 Å². The van der Waals surface area contributed by atoms with Crippen LogP contribution in [0, 0.1) is 5.82 Å². The van der Waals surface area contributed by atoms with Gasteiger partial charge in [-0.25, -0.2) is 17.5 Å². The predicted molar refractivity (Wildman–Crippen MR) is 90.8 cm³/mol. The lowest BCUT2D eigenvalue weighted by Crippen LogP contribution is -2.13. The van der Waals surface area contributed by atoms with Crippen molar-refractivity contribution >= 4 is 38.9 Å². The van der Waals surface area contributed by atoms with Gasteiger partial charge in [0.15, 0.2) is 5.82 Å². The van der Waals surface area contributed by atoms with Crippen LogP contribution in [0.2, 0.25) is 10.0 Å². The molecule has 24 heavy (non-hydrogen) atoms. The van der Waals surface area contributed by atoms with Crippen LogP contribution in [0.15, 0.2) is 59.8 Å². The molecule has 5 nitrogen and oxygen atoms in total. The van der Waals surface area contributed by atoms with E-state index in [1.165, 1.54) is 41.2 Å². The van der Waals surface area contributed by atoms with Gasteiger partial charge in [0, 0.05) is 28.5 Å². The number of anilines is 1. The Labute approximate surface area is 147 Å². The van der Waals surface area contributed by atoms with Gasteiger partial charge < -0.3 is 0 Å². The Bertz CT molecular complexity index is 972. The zero-order valence-corrected chi connectivity index (χ0v) is 14.3. The van der Waals surface area contributed by atoms with E-state index in [0.29, 0.717) is 0 Å². The Morgan fingerprint density at radius 2 is 1.79 bits per heavy atom. The van der Waals surface area contributed by atoms with Crippen molar-refractivity contribution in [1.82, 2.24) is 9.78 Å². The molecular formula is C15H10Cl2FN3O2S. The topological polar surface area (TPSA) is 64.0 Å². The molecule has 0 aliphatic carbocycles. The van der Waals surface area contributed by atoms with Crippen LogP contribution in [-0.2, 0) is 10.0 Å². The second-order valence-electron chi connectivity index (χ2n) is 4.83. The summed E-state index contributed by atoms with van der Waals surface area (Å²) in [5.74, 6) is -0.622. The second-order valence-corrected chi connectivity index (χ2v) is 7.38. The summed E-state index contributed by atoms with van der Waals surface area (Å²) >= 11 is 11.6.